The molecule has 10 heteroatoms. The Hall–Kier alpha value is -4.34. The summed E-state index contributed by atoms with van der Waals surface area (Å²) in [6.45, 7) is 3.13. The molecule has 0 bridgehead atoms. The summed E-state index contributed by atoms with van der Waals surface area (Å²) in [5, 5.41) is 3.37. The Bertz CT molecular complexity index is 1650. The van der Waals surface area contributed by atoms with Crippen LogP contribution in [-0.4, -0.2) is 50.9 Å². The summed E-state index contributed by atoms with van der Waals surface area (Å²) in [6.07, 6.45) is 0.214. The number of anilines is 1. The molecule has 0 aromatic heterocycles. The number of nitrogens with zero attached hydrogens (tertiary/aromatic N) is 2. The highest BCUT2D eigenvalue weighted by molar-refractivity contribution is 7.92. The van der Waals surface area contributed by atoms with Gasteiger partial charge in [0.2, 0.25) is 11.8 Å². The number of carbonyl (C=O) groups is 2. The first-order valence-corrected chi connectivity index (χ1v) is 16.0. The second-order valence-corrected chi connectivity index (χ2v) is 12.8. The van der Waals surface area contributed by atoms with E-state index in [1.165, 1.54) is 24.1 Å². The Morgan fingerprint density at radius 1 is 0.841 bits per heavy atom. The summed E-state index contributed by atoms with van der Waals surface area (Å²) in [7, 11) is -2.72. The number of halogens is 1. The van der Waals surface area contributed by atoms with Gasteiger partial charge in [0, 0.05) is 24.0 Å². The first-order valence-electron chi connectivity index (χ1n) is 14.2. The van der Waals surface area contributed by atoms with E-state index in [0.29, 0.717) is 22.0 Å². The number of amides is 2. The van der Waals surface area contributed by atoms with Crippen molar-refractivity contribution in [2.24, 2.45) is 0 Å². The van der Waals surface area contributed by atoms with Gasteiger partial charge in [-0.1, -0.05) is 78.3 Å². The molecule has 0 heterocycles. The van der Waals surface area contributed by atoms with Crippen LogP contribution >= 0.6 is 11.6 Å². The lowest BCUT2D eigenvalue weighted by atomic mass is 10.0. The van der Waals surface area contributed by atoms with Crippen molar-refractivity contribution < 1.29 is 22.7 Å². The number of ether oxygens (including phenoxy) is 1. The van der Waals surface area contributed by atoms with Gasteiger partial charge in [-0.05, 0) is 67.4 Å². The van der Waals surface area contributed by atoms with Gasteiger partial charge >= 0.3 is 0 Å². The van der Waals surface area contributed by atoms with Crippen molar-refractivity contribution in [1.82, 2.24) is 10.2 Å². The van der Waals surface area contributed by atoms with Crippen molar-refractivity contribution in [2.45, 2.75) is 43.8 Å². The maximum atomic E-state index is 14.4. The summed E-state index contributed by atoms with van der Waals surface area (Å²) in [6, 6.07) is 29.7. The molecule has 44 heavy (non-hydrogen) atoms. The minimum atomic E-state index is -4.21. The van der Waals surface area contributed by atoms with Crippen LogP contribution in [0.3, 0.4) is 0 Å². The van der Waals surface area contributed by atoms with E-state index in [1.54, 1.807) is 66.7 Å². The number of rotatable bonds is 13. The summed E-state index contributed by atoms with van der Waals surface area (Å²) >= 11 is 6.53. The van der Waals surface area contributed by atoms with Crippen LogP contribution in [0.2, 0.25) is 5.02 Å². The quantitative estimate of drug-likeness (QED) is 0.204. The third kappa shape index (κ3) is 8.18. The summed E-state index contributed by atoms with van der Waals surface area (Å²) in [5.74, 6) is -0.420. The number of benzene rings is 4. The molecule has 1 N–H and O–H groups in total. The zero-order chi connectivity index (χ0) is 31.7. The highest BCUT2D eigenvalue weighted by Gasteiger charge is 2.35. The second-order valence-electron chi connectivity index (χ2n) is 10.5. The topological polar surface area (TPSA) is 96.0 Å². The fraction of sp³-hybridized carbons (Fsp3) is 0.235. The lowest BCUT2D eigenvalue weighted by Crippen LogP contribution is -2.54. The standard InChI is InChI=1S/C34H36ClN3O5S/c1-25(2)36-34(40)32(22-26-12-6-4-7-13-26)37(23-27-14-10-11-17-31(27)35)33(39)24-38(28-15-8-5-9-16-28)44(41,42)30-20-18-29(43-3)19-21-30/h4-21,25,32H,22-24H2,1-3H3,(H,36,40). The molecule has 4 aromatic carbocycles. The first kappa shape index (κ1) is 32.6. The van der Waals surface area contributed by atoms with E-state index in [1.807, 2.05) is 44.2 Å². The predicted octanol–water partition coefficient (Wildman–Crippen LogP) is 5.71. The van der Waals surface area contributed by atoms with Gasteiger partial charge in [0.25, 0.3) is 10.0 Å². The third-order valence-electron chi connectivity index (χ3n) is 6.97. The van der Waals surface area contributed by atoms with Gasteiger partial charge in [-0.3, -0.25) is 13.9 Å². The molecule has 2 amide bonds. The van der Waals surface area contributed by atoms with Crippen molar-refractivity contribution in [3.05, 3.63) is 125 Å². The number of para-hydroxylation sites is 1. The maximum absolute atomic E-state index is 14.4. The van der Waals surface area contributed by atoms with Crippen molar-refractivity contribution >= 4 is 39.1 Å². The molecule has 4 aromatic rings. The monoisotopic (exact) mass is 633 g/mol. The molecule has 0 spiro atoms. The van der Waals surface area contributed by atoms with Crippen molar-refractivity contribution in [3.63, 3.8) is 0 Å². The predicted molar refractivity (Wildman–Crippen MR) is 173 cm³/mol. The van der Waals surface area contributed by atoms with Crippen LogP contribution < -0.4 is 14.4 Å². The maximum Gasteiger partial charge on any atom is 0.264 e. The zero-order valence-electron chi connectivity index (χ0n) is 24.9. The molecule has 1 atom stereocenters. The van der Waals surface area contributed by atoms with Crippen LogP contribution in [0.5, 0.6) is 5.75 Å². The highest BCUT2D eigenvalue weighted by atomic mass is 35.5. The number of carbonyl (C=O) groups excluding carboxylic acids is 2. The van der Waals surface area contributed by atoms with Gasteiger partial charge in [0.05, 0.1) is 17.7 Å². The van der Waals surface area contributed by atoms with Gasteiger partial charge in [-0.2, -0.15) is 0 Å². The average molecular weight is 634 g/mol. The first-order chi connectivity index (χ1) is 21.1. The number of nitrogens with one attached hydrogen (secondary N) is 1. The molecule has 230 valence electrons. The average Bonchev–Trinajstić information content (AvgIpc) is 3.02. The fourth-order valence-corrected chi connectivity index (χ4v) is 6.35. The Balaban J connectivity index is 1.79. The molecular weight excluding hydrogens is 598 g/mol. The fourth-order valence-electron chi connectivity index (χ4n) is 4.74. The molecule has 0 radical (unpaired) electrons. The number of sulfonamides is 1. The molecule has 1 unspecified atom stereocenters. The minimum absolute atomic E-state index is 0.00721. The lowest BCUT2D eigenvalue weighted by Gasteiger charge is -2.34. The summed E-state index contributed by atoms with van der Waals surface area (Å²) in [4.78, 5) is 29.6. The third-order valence-corrected chi connectivity index (χ3v) is 9.13. The van der Waals surface area contributed by atoms with Gasteiger partial charge in [0.15, 0.2) is 0 Å². The molecule has 0 saturated carbocycles. The Kier molecular flexibility index (Phi) is 11.0. The smallest absolute Gasteiger partial charge is 0.264 e. The van der Waals surface area contributed by atoms with Gasteiger partial charge in [0.1, 0.15) is 18.3 Å². The Morgan fingerprint density at radius 3 is 2.02 bits per heavy atom. The van der Waals surface area contributed by atoms with E-state index < -0.39 is 28.5 Å². The van der Waals surface area contributed by atoms with Crippen LogP contribution in [-0.2, 0) is 32.6 Å². The number of hydrogen-bond acceptors (Lipinski definition) is 5. The van der Waals surface area contributed by atoms with Crippen molar-refractivity contribution in [1.29, 1.82) is 0 Å². The van der Waals surface area contributed by atoms with Crippen LogP contribution in [0.15, 0.2) is 114 Å². The van der Waals surface area contributed by atoms with Crippen LogP contribution in [0.4, 0.5) is 5.69 Å². The Morgan fingerprint density at radius 2 is 1.43 bits per heavy atom. The highest BCUT2D eigenvalue weighted by Crippen LogP contribution is 2.27. The molecule has 0 aliphatic heterocycles. The molecule has 8 nitrogen and oxygen atoms in total. The van der Waals surface area contributed by atoms with Crippen molar-refractivity contribution in [2.75, 3.05) is 18.0 Å². The normalized spacial score (nSPS) is 11.9. The molecule has 0 aliphatic rings. The van der Waals surface area contributed by atoms with Gasteiger partial charge in [-0.25, -0.2) is 8.42 Å². The summed E-state index contributed by atoms with van der Waals surface area (Å²) < 4.78 is 34.4. The van der Waals surface area contributed by atoms with Crippen LogP contribution in [0, 0.1) is 0 Å². The van der Waals surface area contributed by atoms with E-state index in [-0.39, 0.29) is 29.8 Å². The van der Waals surface area contributed by atoms with Gasteiger partial charge < -0.3 is 15.0 Å². The van der Waals surface area contributed by atoms with Crippen LogP contribution in [0.1, 0.15) is 25.0 Å². The van der Waals surface area contributed by atoms with Crippen molar-refractivity contribution in [3.8, 4) is 5.75 Å². The minimum Gasteiger partial charge on any atom is -0.497 e. The molecule has 0 aliphatic carbocycles. The number of hydrogen-bond donors (Lipinski definition) is 1. The summed E-state index contributed by atoms with van der Waals surface area (Å²) in [5.41, 5.74) is 1.78. The lowest BCUT2D eigenvalue weighted by molar-refractivity contribution is -0.140. The van der Waals surface area contributed by atoms with E-state index in [9.17, 15) is 18.0 Å². The zero-order valence-corrected chi connectivity index (χ0v) is 26.5. The van der Waals surface area contributed by atoms with E-state index in [0.717, 1.165) is 9.87 Å². The van der Waals surface area contributed by atoms with E-state index in [4.69, 9.17) is 16.3 Å². The largest absolute Gasteiger partial charge is 0.497 e. The van der Waals surface area contributed by atoms with Crippen LogP contribution in [0.25, 0.3) is 0 Å². The second kappa shape index (κ2) is 14.9. The molecule has 0 fully saturated rings. The SMILES string of the molecule is COc1ccc(S(=O)(=O)N(CC(=O)N(Cc2ccccc2Cl)C(Cc2ccccc2)C(=O)NC(C)C)c2ccccc2)cc1. The Labute approximate surface area is 264 Å². The number of methoxy groups -OCH3 is 1. The molecule has 0 saturated heterocycles. The van der Waals surface area contributed by atoms with E-state index in [2.05, 4.69) is 5.32 Å². The molecular formula is C34H36ClN3O5S. The van der Waals surface area contributed by atoms with Gasteiger partial charge in [-0.15, -0.1) is 0 Å². The van der Waals surface area contributed by atoms with E-state index >= 15 is 0 Å². The molecule has 4 rings (SSSR count).